The van der Waals surface area contributed by atoms with E-state index >= 15 is 0 Å². The van der Waals surface area contributed by atoms with Crippen molar-refractivity contribution >= 4 is 27.9 Å². The average molecular weight is 289 g/mol. The third kappa shape index (κ3) is 2.09. The quantitative estimate of drug-likeness (QED) is 0.575. The number of carbonyl (C=O) groups is 1. The van der Waals surface area contributed by atoms with Crippen molar-refractivity contribution in [1.29, 1.82) is 0 Å². The molecule has 4 aromatic rings. The molecule has 0 aliphatic heterocycles. The van der Waals surface area contributed by atoms with E-state index in [-0.39, 0.29) is 0 Å². The highest BCUT2D eigenvalue weighted by molar-refractivity contribution is 6.08. The van der Waals surface area contributed by atoms with Crippen molar-refractivity contribution in [2.24, 2.45) is 0 Å². The van der Waals surface area contributed by atoms with Crippen LogP contribution >= 0.6 is 0 Å². The first-order chi connectivity index (χ1) is 10.8. The van der Waals surface area contributed by atoms with Crippen LogP contribution in [-0.2, 0) is 0 Å². The molecule has 22 heavy (non-hydrogen) atoms. The Morgan fingerprint density at radius 3 is 2.82 bits per heavy atom. The van der Waals surface area contributed by atoms with E-state index < -0.39 is 5.97 Å². The molecule has 0 aliphatic rings. The minimum atomic E-state index is -0.409. The largest absolute Gasteiger partial charge is 0.421 e. The SMILES string of the molecule is O=C(Oc1cccnc1)c1ccc2[nH]c3ncccc3c2c1. The number of hydrogen-bond acceptors (Lipinski definition) is 4. The number of hydrogen-bond donors (Lipinski definition) is 1. The maximum Gasteiger partial charge on any atom is 0.343 e. The zero-order valence-electron chi connectivity index (χ0n) is 11.5. The molecule has 106 valence electrons. The molecule has 0 fully saturated rings. The molecule has 5 nitrogen and oxygen atoms in total. The summed E-state index contributed by atoms with van der Waals surface area (Å²) in [6, 6.07) is 12.7. The van der Waals surface area contributed by atoms with Gasteiger partial charge in [-0.3, -0.25) is 4.98 Å². The van der Waals surface area contributed by atoms with Crippen LogP contribution < -0.4 is 4.74 Å². The Bertz CT molecular complexity index is 977. The number of esters is 1. The number of nitrogens with zero attached hydrogens (tertiary/aromatic N) is 2. The molecule has 3 heterocycles. The summed E-state index contributed by atoms with van der Waals surface area (Å²) >= 11 is 0. The topological polar surface area (TPSA) is 67.9 Å². The van der Waals surface area contributed by atoms with Gasteiger partial charge in [-0.1, -0.05) is 0 Å². The molecular formula is C17H11N3O2. The lowest BCUT2D eigenvalue weighted by atomic mass is 10.1. The van der Waals surface area contributed by atoms with E-state index in [1.807, 2.05) is 24.3 Å². The van der Waals surface area contributed by atoms with Crippen molar-refractivity contribution < 1.29 is 9.53 Å². The summed E-state index contributed by atoms with van der Waals surface area (Å²) in [6.45, 7) is 0. The fourth-order valence-corrected chi connectivity index (χ4v) is 2.43. The molecule has 0 amide bonds. The van der Waals surface area contributed by atoms with Gasteiger partial charge in [0.15, 0.2) is 0 Å². The van der Waals surface area contributed by atoms with Gasteiger partial charge >= 0.3 is 5.97 Å². The number of nitrogens with one attached hydrogen (secondary N) is 1. The summed E-state index contributed by atoms with van der Waals surface area (Å²) in [5.74, 6) is 0.0151. The predicted molar refractivity (Wildman–Crippen MR) is 82.8 cm³/mol. The molecule has 0 atom stereocenters. The van der Waals surface area contributed by atoms with Crippen molar-refractivity contribution in [2.75, 3.05) is 0 Å². The molecule has 1 aromatic carbocycles. The van der Waals surface area contributed by atoms with E-state index in [2.05, 4.69) is 15.0 Å². The molecule has 4 rings (SSSR count). The lowest BCUT2D eigenvalue weighted by Gasteiger charge is -2.03. The second-order valence-electron chi connectivity index (χ2n) is 4.86. The number of H-pyrrole nitrogens is 1. The van der Waals surface area contributed by atoms with Crippen LogP contribution in [0.4, 0.5) is 0 Å². The van der Waals surface area contributed by atoms with Crippen LogP contribution in [0.5, 0.6) is 5.75 Å². The zero-order chi connectivity index (χ0) is 14.9. The lowest BCUT2D eigenvalue weighted by molar-refractivity contribution is 0.0734. The summed E-state index contributed by atoms with van der Waals surface area (Å²) in [4.78, 5) is 23.7. The lowest BCUT2D eigenvalue weighted by Crippen LogP contribution is -2.08. The van der Waals surface area contributed by atoms with E-state index in [4.69, 9.17) is 4.74 Å². The van der Waals surface area contributed by atoms with E-state index in [1.165, 1.54) is 6.20 Å². The molecule has 0 aliphatic carbocycles. The number of carbonyl (C=O) groups excluding carboxylic acids is 1. The number of fused-ring (bicyclic) bond motifs is 3. The van der Waals surface area contributed by atoms with Crippen LogP contribution in [0.3, 0.4) is 0 Å². The van der Waals surface area contributed by atoms with E-state index in [0.29, 0.717) is 11.3 Å². The standard InChI is InChI=1S/C17H11N3O2/c21-17(22-12-3-1-7-18-10-12)11-5-6-15-14(9-11)13-4-2-8-19-16(13)20-15/h1-10H,(H,19,20). The summed E-state index contributed by atoms with van der Waals surface area (Å²) in [6.07, 6.45) is 4.86. The van der Waals surface area contributed by atoms with E-state index in [9.17, 15) is 4.79 Å². The Morgan fingerprint density at radius 2 is 1.95 bits per heavy atom. The molecule has 0 unspecified atom stereocenters. The number of aromatic amines is 1. The molecular weight excluding hydrogens is 278 g/mol. The number of benzene rings is 1. The monoisotopic (exact) mass is 289 g/mol. The molecule has 3 aromatic heterocycles. The van der Waals surface area contributed by atoms with Gasteiger partial charge in [0.25, 0.3) is 0 Å². The Labute approximate surface area is 125 Å². The fourth-order valence-electron chi connectivity index (χ4n) is 2.43. The number of rotatable bonds is 2. The molecule has 1 N–H and O–H groups in total. The predicted octanol–water partition coefficient (Wildman–Crippen LogP) is 3.33. The van der Waals surface area contributed by atoms with Crippen molar-refractivity contribution in [2.45, 2.75) is 0 Å². The smallest absolute Gasteiger partial charge is 0.343 e. The first kappa shape index (κ1) is 12.5. The summed E-state index contributed by atoms with van der Waals surface area (Å²) in [5, 5.41) is 1.93. The maximum absolute atomic E-state index is 12.2. The van der Waals surface area contributed by atoms with Crippen LogP contribution in [0.25, 0.3) is 21.9 Å². The molecule has 0 spiro atoms. The van der Waals surface area contributed by atoms with E-state index in [1.54, 1.807) is 30.6 Å². The highest BCUT2D eigenvalue weighted by Crippen LogP contribution is 2.25. The second kappa shape index (κ2) is 4.96. The Kier molecular flexibility index (Phi) is 2.83. The average Bonchev–Trinajstić information content (AvgIpc) is 2.93. The summed E-state index contributed by atoms with van der Waals surface area (Å²) in [5.41, 5.74) is 2.23. The summed E-state index contributed by atoms with van der Waals surface area (Å²) < 4.78 is 5.31. The van der Waals surface area contributed by atoms with Crippen molar-refractivity contribution in [1.82, 2.24) is 15.0 Å². The zero-order valence-corrected chi connectivity index (χ0v) is 11.5. The molecule has 0 saturated heterocycles. The first-order valence-electron chi connectivity index (χ1n) is 6.80. The van der Waals surface area contributed by atoms with Gasteiger partial charge in [0.1, 0.15) is 11.4 Å². The highest BCUT2D eigenvalue weighted by atomic mass is 16.5. The third-order valence-electron chi connectivity index (χ3n) is 3.45. The van der Waals surface area contributed by atoms with Gasteiger partial charge in [-0.05, 0) is 42.5 Å². The third-order valence-corrected chi connectivity index (χ3v) is 3.45. The molecule has 0 saturated carbocycles. The van der Waals surface area contributed by atoms with Crippen LogP contribution in [0, 0.1) is 0 Å². The van der Waals surface area contributed by atoms with Gasteiger partial charge in [-0.2, -0.15) is 0 Å². The van der Waals surface area contributed by atoms with Crippen molar-refractivity contribution in [3.63, 3.8) is 0 Å². The van der Waals surface area contributed by atoms with Crippen LogP contribution in [0.15, 0.2) is 61.1 Å². The van der Waals surface area contributed by atoms with E-state index in [0.717, 1.165) is 21.9 Å². The van der Waals surface area contributed by atoms with Crippen molar-refractivity contribution in [3.8, 4) is 5.75 Å². The Morgan fingerprint density at radius 1 is 1.05 bits per heavy atom. The summed E-state index contributed by atoms with van der Waals surface area (Å²) in [7, 11) is 0. The number of aromatic nitrogens is 3. The second-order valence-corrected chi connectivity index (χ2v) is 4.86. The van der Waals surface area contributed by atoms with Gasteiger partial charge in [0.2, 0.25) is 0 Å². The van der Waals surface area contributed by atoms with Gasteiger partial charge in [0, 0.05) is 28.7 Å². The first-order valence-corrected chi connectivity index (χ1v) is 6.80. The minimum Gasteiger partial charge on any atom is -0.421 e. The molecule has 0 bridgehead atoms. The van der Waals surface area contributed by atoms with Crippen LogP contribution in [0.1, 0.15) is 10.4 Å². The normalized spacial score (nSPS) is 10.9. The number of pyridine rings is 2. The van der Waals surface area contributed by atoms with Crippen molar-refractivity contribution in [3.05, 3.63) is 66.6 Å². The molecule has 0 radical (unpaired) electrons. The van der Waals surface area contributed by atoms with Gasteiger partial charge < -0.3 is 9.72 Å². The van der Waals surface area contributed by atoms with Gasteiger partial charge in [-0.25, -0.2) is 9.78 Å². The Balaban J connectivity index is 1.75. The van der Waals surface area contributed by atoms with Crippen LogP contribution in [0.2, 0.25) is 0 Å². The minimum absolute atomic E-state index is 0.409. The maximum atomic E-state index is 12.2. The molecule has 5 heteroatoms. The van der Waals surface area contributed by atoms with Crippen LogP contribution in [-0.4, -0.2) is 20.9 Å². The van der Waals surface area contributed by atoms with Gasteiger partial charge in [-0.15, -0.1) is 0 Å². The van der Waals surface area contributed by atoms with Gasteiger partial charge in [0.05, 0.1) is 11.8 Å². The number of ether oxygens (including phenoxy) is 1. The highest BCUT2D eigenvalue weighted by Gasteiger charge is 2.12. The Hall–Kier alpha value is -3.21. The fraction of sp³-hybridized carbons (Fsp3) is 0.